The predicted octanol–water partition coefficient (Wildman–Crippen LogP) is 1.61. The van der Waals surface area contributed by atoms with E-state index in [4.69, 9.17) is 9.84 Å². The minimum atomic E-state index is -0.952. The fourth-order valence-electron chi connectivity index (χ4n) is 1.97. The quantitative estimate of drug-likeness (QED) is 0.763. The topological polar surface area (TPSA) is 78.9 Å². The lowest BCUT2D eigenvalue weighted by Gasteiger charge is -2.21. The van der Waals surface area contributed by atoms with E-state index in [1.54, 1.807) is 36.3 Å². The maximum atomic E-state index is 11.9. The Labute approximate surface area is 124 Å². The van der Waals surface area contributed by atoms with E-state index in [0.29, 0.717) is 38.2 Å². The van der Waals surface area contributed by atoms with Gasteiger partial charge in [0, 0.05) is 26.7 Å². The van der Waals surface area contributed by atoms with E-state index in [-0.39, 0.29) is 11.6 Å². The van der Waals surface area contributed by atoms with Gasteiger partial charge in [0.25, 0.3) is 0 Å². The smallest absolute Gasteiger partial charge is 0.335 e. The molecule has 0 saturated carbocycles. The lowest BCUT2D eigenvalue weighted by Crippen LogP contribution is -2.42. The van der Waals surface area contributed by atoms with E-state index >= 15 is 0 Å². The van der Waals surface area contributed by atoms with Crippen molar-refractivity contribution >= 4 is 12.0 Å². The van der Waals surface area contributed by atoms with E-state index in [0.717, 1.165) is 0 Å². The van der Waals surface area contributed by atoms with Crippen molar-refractivity contribution in [3.8, 4) is 0 Å². The minimum absolute atomic E-state index is 0.164. The SMILES string of the molecule is CCN(CCOC)C(=O)NCCc1ccccc1C(=O)O. The van der Waals surface area contributed by atoms with Crippen molar-refractivity contribution in [2.45, 2.75) is 13.3 Å². The number of hydrogen-bond donors (Lipinski definition) is 2. The Morgan fingerprint density at radius 3 is 2.67 bits per heavy atom. The molecule has 0 bridgehead atoms. The third-order valence-electron chi connectivity index (χ3n) is 3.15. The monoisotopic (exact) mass is 294 g/mol. The van der Waals surface area contributed by atoms with Crippen molar-refractivity contribution in [1.82, 2.24) is 10.2 Å². The first kappa shape index (κ1) is 17.0. The van der Waals surface area contributed by atoms with Crippen LogP contribution in [0.1, 0.15) is 22.8 Å². The first-order valence-electron chi connectivity index (χ1n) is 6.93. The second-order valence-corrected chi connectivity index (χ2v) is 4.52. The van der Waals surface area contributed by atoms with Crippen LogP contribution in [0.15, 0.2) is 24.3 Å². The van der Waals surface area contributed by atoms with Crippen LogP contribution in [0, 0.1) is 0 Å². The molecule has 0 fully saturated rings. The van der Waals surface area contributed by atoms with E-state index in [1.807, 2.05) is 6.92 Å². The summed E-state index contributed by atoms with van der Waals surface area (Å²) in [7, 11) is 1.59. The first-order valence-corrected chi connectivity index (χ1v) is 6.93. The highest BCUT2D eigenvalue weighted by Crippen LogP contribution is 2.09. The maximum absolute atomic E-state index is 11.9. The van der Waals surface area contributed by atoms with Crippen molar-refractivity contribution in [1.29, 1.82) is 0 Å². The number of carboxylic acids is 1. The summed E-state index contributed by atoms with van der Waals surface area (Å²) in [4.78, 5) is 24.7. The van der Waals surface area contributed by atoms with Gasteiger partial charge >= 0.3 is 12.0 Å². The fraction of sp³-hybridized carbons (Fsp3) is 0.467. The summed E-state index contributed by atoms with van der Waals surface area (Å²) in [6, 6.07) is 6.65. The third kappa shape index (κ3) is 5.43. The van der Waals surface area contributed by atoms with Gasteiger partial charge in [-0.15, -0.1) is 0 Å². The highest BCUT2D eigenvalue weighted by molar-refractivity contribution is 5.89. The number of methoxy groups -OCH3 is 1. The molecular weight excluding hydrogens is 272 g/mol. The number of carbonyl (C=O) groups is 2. The average Bonchev–Trinajstić information content (AvgIpc) is 2.48. The van der Waals surface area contributed by atoms with Crippen molar-refractivity contribution in [3.05, 3.63) is 35.4 Å². The number of likely N-dealkylation sites (N-methyl/N-ethyl adjacent to an activating group) is 1. The molecule has 0 spiro atoms. The Morgan fingerprint density at radius 1 is 1.33 bits per heavy atom. The van der Waals surface area contributed by atoms with Crippen molar-refractivity contribution in [3.63, 3.8) is 0 Å². The number of carbonyl (C=O) groups excluding carboxylic acids is 1. The van der Waals surface area contributed by atoms with E-state index in [1.165, 1.54) is 0 Å². The molecule has 0 heterocycles. The van der Waals surface area contributed by atoms with E-state index < -0.39 is 5.97 Å². The van der Waals surface area contributed by atoms with Crippen LogP contribution in [0.4, 0.5) is 4.79 Å². The molecule has 0 atom stereocenters. The molecule has 2 N–H and O–H groups in total. The number of ether oxygens (including phenoxy) is 1. The normalized spacial score (nSPS) is 10.2. The Morgan fingerprint density at radius 2 is 2.05 bits per heavy atom. The average molecular weight is 294 g/mol. The van der Waals surface area contributed by atoms with E-state index in [9.17, 15) is 9.59 Å². The molecule has 0 unspecified atom stereocenters. The zero-order valence-corrected chi connectivity index (χ0v) is 12.5. The van der Waals surface area contributed by atoms with Crippen LogP contribution in [0.3, 0.4) is 0 Å². The molecule has 116 valence electrons. The van der Waals surface area contributed by atoms with Gasteiger partial charge in [-0.2, -0.15) is 0 Å². The molecule has 21 heavy (non-hydrogen) atoms. The molecule has 0 aliphatic carbocycles. The standard InChI is InChI=1S/C15H22N2O4/c1-3-17(10-11-21-2)15(20)16-9-8-12-6-4-5-7-13(12)14(18)19/h4-7H,3,8-11H2,1-2H3,(H,16,20)(H,18,19). The molecule has 1 aromatic carbocycles. The molecule has 6 nitrogen and oxygen atoms in total. The number of hydrogen-bond acceptors (Lipinski definition) is 3. The molecular formula is C15H22N2O4. The summed E-state index contributed by atoms with van der Waals surface area (Å²) < 4.78 is 4.95. The van der Waals surface area contributed by atoms with Gasteiger partial charge in [-0.25, -0.2) is 9.59 Å². The third-order valence-corrected chi connectivity index (χ3v) is 3.15. The van der Waals surface area contributed by atoms with Crippen LogP contribution >= 0.6 is 0 Å². The highest BCUT2D eigenvalue weighted by Gasteiger charge is 2.12. The van der Waals surface area contributed by atoms with Crippen LogP contribution in [-0.2, 0) is 11.2 Å². The van der Waals surface area contributed by atoms with Gasteiger partial charge in [0.2, 0.25) is 0 Å². The minimum Gasteiger partial charge on any atom is -0.478 e. The molecule has 0 aromatic heterocycles. The second kappa shape index (κ2) is 8.97. The van der Waals surface area contributed by atoms with Gasteiger partial charge in [0.05, 0.1) is 12.2 Å². The Bertz CT molecular complexity index is 476. The number of benzene rings is 1. The Balaban J connectivity index is 2.49. The highest BCUT2D eigenvalue weighted by atomic mass is 16.5. The molecule has 2 amide bonds. The zero-order valence-electron chi connectivity index (χ0n) is 12.5. The van der Waals surface area contributed by atoms with Crippen molar-refractivity contribution in [2.24, 2.45) is 0 Å². The number of nitrogens with zero attached hydrogens (tertiary/aromatic N) is 1. The van der Waals surface area contributed by atoms with Gasteiger partial charge in [-0.3, -0.25) is 0 Å². The summed E-state index contributed by atoms with van der Waals surface area (Å²) in [6.45, 7) is 3.91. The van der Waals surface area contributed by atoms with Gasteiger partial charge < -0.3 is 20.1 Å². The Hall–Kier alpha value is -2.08. The van der Waals surface area contributed by atoms with E-state index in [2.05, 4.69) is 5.32 Å². The summed E-state index contributed by atoms with van der Waals surface area (Å²) in [5, 5.41) is 11.9. The summed E-state index contributed by atoms with van der Waals surface area (Å²) in [5.41, 5.74) is 0.990. The Kier molecular flexibility index (Phi) is 7.25. The van der Waals surface area contributed by atoms with Gasteiger partial charge in [0.1, 0.15) is 0 Å². The number of rotatable bonds is 8. The molecule has 0 aliphatic heterocycles. The van der Waals surface area contributed by atoms with Gasteiger partial charge in [0.15, 0.2) is 0 Å². The van der Waals surface area contributed by atoms with Crippen LogP contribution in [-0.4, -0.2) is 55.4 Å². The molecule has 0 aliphatic rings. The number of aromatic carboxylic acids is 1. The summed E-state index contributed by atoms with van der Waals surface area (Å²) >= 11 is 0. The maximum Gasteiger partial charge on any atom is 0.335 e. The summed E-state index contributed by atoms with van der Waals surface area (Å²) in [5.74, 6) is -0.952. The molecule has 0 saturated heterocycles. The molecule has 0 radical (unpaired) electrons. The number of carboxylic acid groups (broad SMARTS) is 1. The lowest BCUT2D eigenvalue weighted by atomic mass is 10.0. The lowest BCUT2D eigenvalue weighted by molar-refractivity contribution is 0.0695. The predicted molar refractivity (Wildman–Crippen MR) is 79.6 cm³/mol. The largest absolute Gasteiger partial charge is 0.478 e. The number of urea groups is 1. The van der Waals surface area contributed by atoms with Crippen LogP contribution in [0.2, 0.25) is 0 Å². The number of amides is 2. The fourth-order valence-corrected chi connectivity index (χ4v) is 1.97. The summed E-state index contributed by atoms with van der Waals surface area (Å²) in [6.07, 6.45) is 0.482. The second-order valence-electron chi connectivity index (χ2n) is 4.52. The zero-order chi connectivity index (χ0) is 15.7. The van der Waals surface area contributed by atoms with Crippen LogP contribution in [0.5, 0.6) is 0 Å². The van der Waals surface area contributed by atoms with Crippen LogP contribution in [0.25, 0.3) is 0 Å². The molecule has 6 heteroatoms. The van der Waals surface area contributed by atoms with Gasteiger partial charge in [-0.1, -0.05) is 18.2 Å². The van der Waals surface area contributed by atoms with Gasteiger partial charge in [-0.05, 0) is 25.0 Å². The molecule has 1 rings (SSSR count). The molecule has 1 aromatic rings. The van der Waals surface area contributed by atoms with Crippen molar-refractivity contribution in [2.75, 3.05) is 33.4 Å². The first-order chi connectivity index (χ1) is 10.1. The number of nitrogens with one attached hydrogen (secondary N) is 1. The van der Waals surface area contributed by atoms with Crippen molar-refractivity contribution < 1.29 is 19.4 Å². The van der Waals surface area contributed by atoms with Crippen LogP contribution < -0.4 is 5.32 Å².